The first-order chi connectivity index (χ1) is 12.3. The fourth-order valence-electron chi connectivity index (χ4n) is 2.24. The standard InChI is InChI=1S/C17H15F3N6/c18-17(19,20)14-9-23-16(25-13-6-2-4-11(22)8-13)26-15(14)24-12-5-1-3-10(21)7-12/h1-9H,21-22H2,(H2,23,24,25,26). The molecule has 3 aromatic rings. The van der Waals surface area contributed by atoms with Gasteiger partial charge in [0.1, 0.15) is 11.4 Å². The van der Waals surface area contributed by atoms with Crippen LogP contribution in [0.1, 0.15) is 5.56 Å². The molecule has 1 heterocycles. The van der Waals surface area contributed by atoms with Gasteiger partial charge >= 0.3 is 6.18 Å². The minimum absolute atomic E-state index is 0.00463. The van der Waals surface area contributed by atoms with Crippen molar-refractivity contribution >= 4 is 34.5 Å². The van der Waals surface area contributed by atoms with Crippen LogP contribution in [-0.4, -0.2) is 9.97 Å². The number of benzene rings is 2. The molecule has 0 aliphatic carbocycles. The first-order valence-corrected chi connectivity index (χ1v) is 7.50. The van der Waals surface area contributed by atoms with Gasteiger partial charge in [0.2, 0.25) is 5.95 Å². The van der Waals surface area contributed by atoms with Gasteiger partial charge in [-0.15, -0.1) is 0 Å². The van der Waals surface area contributed by atoms with E-state index in [1.807, 2.05) is 0 Å². The van der Waals surface area contributed by atoms with Crippen molar-refractivity contribution in [1.82, 2.24) is 9.97 Å². The van der Waals surface area contributed by atoms with E-state index in [0.29, 0.717) is 22.7 Å². The normalized spacial score (nSPS) is 11.2. The molecule has 0 spiro atoms. The van der Waals surface area contributed by atoms with Crippen LogP contribution >= 0.6 is 0 Å². The van der Waals surface area contributed by atoms with Crippen LogP contribution in [-0.2, 0) is 6.18 Å². The highest BCUT2D eigenvalue weighted by atomic mass is 19.4. The summed E-state index contributed by atoms with van der Waals surface area (Å²) in [4.78, 5) is 7.70. The number of rotatable bonds is 4. The Morgan fingerprint density at radius 2 is 1.42 bits per heavy atom. The fourth-order valence-corrected chi connectivity index (χ4v) is 2.24. The van der Waals surface area contributed by atoms with Crippen molar-refractivity contribution in [1.29, 1.82) is 0 Å². The summed E-state index contributed by atoms with van der Waals surface area (Å²) < 4.78 is 39.8. The van der Waals surface area contributed by atoms with Gasteiger partial charge in [-0.1, -0.05) is 12.1 Å². The molecule has 0 saturated heterocycles. The summed E-state index contributed by atoms with van der Waals surface area (Å²) in [6.07, 6.45) is -3.89. The number of nitrogens with zero attached hydrogens (tertiary/aromatic N) is 2. The van der Waals surface area contributed by atoms with Gasteiger partial charge < -0.3 is 22.1 Å². The molecule has 0 aliphatic heterocycles. The summed E-state index contributed by atoms with van der Waals surface area (Å²) in [7, 11) is 0. The number of hydrogen-bond donors (Lipinski definition) is 4. The van der Waals surface area contributed by atoms with Gasteiger partial charge in [0.15, 0.2) is 0 Å². The Balaban J connectivity index is 1.96. The largest absolute Gasteiger partial charge is 0.421 e. The highest BCUT2D eigenvalue weighted by Gasteiger charge is 2.35. The zero-order valence-electron chi connectivity index (χ0n) is 13.4. The summed E-state index contributed by atoms with van der Waals surface area (Å²) in [5.41, 5.74) is 12.2. The molecule has 134 valence electrons. The lowest BCUT2D eigenvalue weighted by Gasteiger charge is -2.15. The Morgan fingerprint density at radius 1 is 0.846 bits per heavy atom. The first-order valence-electron chi connectivity index (χ1n) is 7.50. The first kappa shape index (κ1) is 17.3. The summed E-state index contributed by atoms with van der Waals surface area (Å²) in [5, 5.41) is 5.47. The van der Waals surface area contributed by atoms with E-state index in [0.717, 1.165) is 6.20 Å². The van der Waals surface area contributed by atoms with E-state index in [2.05, 4.69) is 20.6 Å². The number of alkyl halides is 3. The summed E-state index contributed by atoms with van der Waals surface area (Å²) in [6.45, 7) is 0. The van der Waals surface area contributed by atoms with Crippen LogP contribution in [0.2, 0.25) is 0 Å². The topological polar surface area (TPSA) is 102 Å². The second kappa shape index (κ2) is 6.79. The monoisotopic (exact) mass is 360 g/mol. The van der Waals surface area contributed by atoms with Gasteiger partial charge in [0, 0.05) is 28.9 Å². The molecule has 2 aromatic carbocycles. The van der Waals surface area contributed by atoms with Crippen molar-refractivity contribution in [3.05, 3.63) is 60.3 Å². The summed E-state index contributed by atoms with van der Waals surface area (Å²) in [5.74, 6) is -0.389. The molecular formula is C17H15F3N6. The maximum absolute atomic E-state index is 13.3. The quantitative estimate of drug-likeness (QED) is 0.522. The second-order valence-corrected chi connectivity index (χ2v) is 5.45. The van der Waals surface area contributed by atoms with Gasteiger partial charge in [0.05, 0.1) is 0 Å². The zero-order valence-corrected chi connectivity index (χ0v) is 13.4. The number of halogens is 3. The summed E-state index contributed by atoms with van der Waals surface area (Å²) in [6, 6.07) is 13.0. The zero-order chi connectivity index (χ0) is 18.7. The molecule has 26 heavy (non-hydrogen) atoms. The molecule has 0 bridgehead atoms. The predicted molar refractivity (Wildman–Crippen MR) is 95.3 cm³/mol. The minimum atomic E-state index is -4.61. The van der Waals surface area contributed by atoms with Crippen LogP contribution in [0.5, 0.6) is 0 Å². The van der Waals surface area contributed by atoms with Crippen molar-refractivity contribution in [2.45, 2.75) is 6.18 Å². The van der Waals surface area contributed by atoms with E-state index < -0.39 is 11.7 Å². The molecule has 0 fully saturated rings. The third-order valence-electron chi connectivity index (χ3n) is 3.39. The molecule has 0 saturated carbocycles. The predicted octanol–water partition coefficient (Wildman–Crippen LogP) is 4.15. The number of anilines is 6. The van der Waals surface area contributed by atoms with Gasteiger partial charge in [-0.05, 0) is 36.4 Å². The van der Waals surface area contributed by atoms with Crippen LogP contribution in [0.15, 0.2) is 54.7 Å². The summed E-state index contributed by atoms with van der Waals surface area (Å²) >= 11 is 0. The van der Waals surface area contributed by atoms with Crippen LogP contribution < -0.4 is 22.1 Å². The molecular weight excluding hydrogens is 345 g/mol. The molecule has 0 radical (unpaired) electrons. The average molecular weight is 360 g/mol. The lowest BCUT2D eigenvalue weighted by atomic mass is 10.2. The van der Waals surface area contributed by atoms with Crippen molar-refractivity contribution in [3.63, 3.8) is 0 Å². The Bertz CT molecular complexity index is 926. The molecule has 6 N–H and O–H groups in total. The maximum Gasteiger partial charge on any atom is 0.421 e. The Hall–Kier alpha value is -3.49. The van der Waals surface area contributed by atoms with Crippen LogP contribution in [0, 0.1) is 0 Å². The maximum atomic E-state index is 13.3. The van der Waals surface area contributed by atoms with E-state index in [1.54, 1.807) is 42.5 Å². The van der Waals surface area contributed by atoms with E-state index in [1.165, 1.54) is 6.07 Å². The molecule has 9 heteroatoms. The molecule has 0 atom stereocenters. The van der Waals surface area contributed by atoms with E-state index in [4.69, 9.17) is 11.5 Å². The van der Waals surface area contributed by atoms with E-state index in [-0.39, 0.29) is 11.8 Å². The third kappa shape index (κ3) is 4.12. The molecule has 0 unspecified atom stereocenters. The van der Waals surface area contributed by atoms with Crippen LogP contribution in [0.25, 0.3) is 0 Å². The number of hydrogen-bond acceptors (Lipinski definition) is 6. The van der Waals surface area contributed by atoms with Crippen molar-refractivity contribution in [2.75, 3.05) is 22.1 Å². The fraction of sp³-hybridized carbons (Fsp3) is 0.0588. The lowest BCUT2D eigenvalue weighted by molar-refractivity contribution is -0.137. The molecule has 3 rings (SSSR count). The van der Waals surface area contributed by atoms with Gasteiger partial charge in [-0.3, -0.25) is 0 Å². The third-order valence-corrected chi connectivity index (χ3v) is 3.39. The number of nitrogens with two attached hydrogens (primary N) is 2. The van der Waals surface area contributed by atoms with Gasteiger partial charge in [-0.2, -0.15) is 18.2 Å². The van der Waals surface area contributed by atoms with Crippen LogP contribution in [0.4, 0.5) is 47.7 Å². The van der Waals surface area contributed by atoms with Crippen LogP contribution in [0.3, 0.4) is 0 Å². The Kier molecular flexibility index (Phi) is 4.53. The SMILES string of the molecule is Nc1cccc(Nc2ncc(C(F)(F)F)c(Nc3cccc(N)c3)n2)c1. The molecule has 0 aliphatic rings. The second-order valence-electron chi connectivity index (χ2n) is 5.45. The number of aromatic nitrogens is 2. The molecule has 6 nitrogen and oxygen atoms in total. The van der Waals surface area contributed by atoms with Crippen molar-refractivity contribution in [3.8, 4) is 0 Å². The van der Waals surface area contributed by atoms with E-state index >= 15 is 0 Å². The lowest BCUT2D eigenvalue weighted by Crippen LogP contribution is -2.12. The average Bonchev–Trinajstić information content (AvgIpc) is 2.54. The van der Waals surface area contributed by atoms with E-state index in [9.17, 15) is 13.2 Å². The Labute approximate surface area is 147 Å². The molecule has 1 aromatic heterocycles. The van der Waals surface area contributed by atoms with Gasteiger partial charge in [0.25, 0.3) is 0 Å². The highest BCUT2D eigenvalue weighted by Crippen LogP contribution is 2.35. The minimum Gasteiger partial charge on any atom is -0.399 e. The Morgan fingerprint density at radius 3 is 1.96 bits per heavy atom. The van der Waals surface area contributed by atoms with Crippen molar-refractivity contribution < 1.29 is 13.2 Å². The van der Waals surface area contributed by atoms with Crippen molar-refractivity contribution in [2.24, 2.45) is 0 Å². The number of nitrogen functional groups attached to an aromatic ring is 2. The number of nitrogens with one attached hydrogen (secondary N) is 2. The smallest absolute Gasteiger partial charge is 0.399 e. The molecule has 0 amide bonds. The highest BCUT2D eigenvalue weighted by molar-refractivity contribution is 5.66. The van der Waals surface area contributed by atoms with Gasteiger partial charge in [-0.25, -0.2) is 4.98 Å².